The molecular formula is C21H24BrFN4. The van der Waals surface area contributed by atoms with Crippen LogP contribution in [0.5, 0.6) is 0 Å². The average Bonchev–Trinajstić information content (AvgIpc) is 2.99. The number of hydrogen-bond donors (Lipinski definition) is 1. The highest BCUT2D eigenvalue weighted by atomic mass is 79.9. The number of hydrogen-bond acceptors (Lipinski definition) is 3. The first-order valence-electron chi connectivity index (χ1n) is 9.31. The molecule has 0 saturated carbocycles. The standard InChI is InChI=1S/C21H24BrFN4/c1-13-8-17(22)20-18(9-13)27(21(25-20)26-6-4-24-5-7-26)12-16-10-14(2)19(23)15(3)11-16/h8-11,24H,4-7,12H2,1-3H3. The van der Waals surface area contributed by atoms with Gasteiger partial charge < -0.3 is 14.8 Å². The van der Waals surface area contributed by atoms with Crippen LogP contribution in [0.25, 0.3) is 11.0 Å². The number of rotatable bonds is 3. The first-order chi connectivity index (χ1) is 12.9. The van der Waals surface area contributed by atoms with Crippen molar-refractivity contribution in [1.82, 2.24) is 14.9 Å². The first-order valence-corrected chi connectivity index (χ1v) is 10.1. The Morgan fingerprint density at radius 3 is 2.41 bits per heavy atom. The summed E-state index contributed by atoms with van der Waals surface area (Å²) in [5, 5.41) is 3.40. The predicted molar refractivity (Wildman–Crippen MR) is 112 cm³/mol. The molecule has 1 aliphatic heterocycles. The van der Waals surface area contributed by atoms with E-state index in [0.29, 0.717) is 17.7 Å². The molecule has 0 unspecified atom stereocenters. The number of aromatic nitrogens is 2. The molecule has 0 radical (unpaired) electrons. The van der Waals surface area contributed by atoms with Crippen LogP contribution in [-0.2, 0) is 6.54 Å². The zero-order valence-electron chi connectivity index (χ0n) is 15.9. The number of anilines is 1. The Hall–Kier alpha value is -1.92. The van der Waals surface area contributed by atoms with Crippen molar-refractivity contribution < 1.29 is 4.39 Å². The highest BCUT2D eigenvalue weighted by Crippen LogP contribution is 2.31. The number of imidazole rings is 1. The zero-order chi connectivity index (χ0) is 19.1. The third kappa shape index (κ3) is 3.48. The molecule has 0 bridgehead atoms. The van der Waals surface area contributed by atoms with Crippen molar-refractivity contribution in [3.63, 3.8) is 0 Å². The van der Waals surface area contributed by atoms with Gasteiger partial charge in [-0.05, 0) is 71.1 Å². The minimum absolute atomic E-state index is 0.116. The summed E-state index contributed by atoms with van der Waals surface area (Å²) in [4.78, 5) is 7.31. The van der Waals surface area contributed by atoms with E-state index in [9.17, 15) is 4.39 Å². The summed E-state index contributed by atoms with van der Waals surface area (Å²) in [7, 11) is 0. The Bertz CT molecular complexity index is 982. The van der Waals surface area contributed by atoms with Gasteiger partial charge in [0.1, 0.15) is 11.3 Å². The predicted octanol–water partition coefficient (Wildman–Crippen LogP) is 4.32. The normalized spacial score (nSPS) is 14.9. The van der Waals surface area contributed by atoms with Crippen LogP contribution >= 0.6 is 15.9 Å². The van der Waals surface area contributed by atoms with Gasteiger partial charge in [0.05, 0.1) is 12.1 Å². The number of nitrogens with one attached hydrogen (secondary N) is 1. The molecule has 27 heavy (non-hydrogen) atoms. The number of piperazine rings is 1. The minimum Gasteiger partial charge on any atom is -0.340 e. The van der Waals surface area contributed by atoms with E-state index in [0.717, 1.165) is 53.2 Å². The Morgan fingerprint density at radius 1 is 1.07 bits per heavy atom. The van der Waals surface area contributed by atoms with Crippen LogP contribution in [0, 0.1) is 26.6 Å². The molecule has 1 N–H and O–H groups in total. The maximum Gasteiger partial charge on any atom is 0.206 e. The van der Waals surface area contributed by atoms with Crippen LogP contribution in [-0.4, -0.2) is 35.7 Å². The van der Waals surface area contributed by atoms with E-state index < -0.39 is 0 Å². The van der Waals surface area contributed by atoms with Gasteiger partial charge in [0.15, 0.2) is 0 Å². The second-order valence-electron chi connectivity index (χ2n) is 7.39. The molecule has 0 aliphatic carbocycles. The fourth-order valence-electron chi connectivity index (χ4n) is 3.87. The largest absolute Gasteiger partial charge is 0.340 e. The van der Waals surface area contributed by atoms with Crippen LogP contribution in [0.1, 0.15) is 22.3 Å². The summed E-state index contributed by atoms with van der Waals surface area (Å²) in [5.41, 5.74) is 5.75. The van der Waals surface area contributed by atoms with Gasteiger partial charge >= 0.3 is 0 Å². The van der Waals surface area contributed by atoms with Crippen LogP contribution < -0.4 is 10.2 Å². The third-order valence-electron chi connectivity index (χ3n) is 5.17. The molecule has 3 aromatic rings. The van der Waals surface area contributed by atoms with Crippen molar-refractivity contribution in [2.24, 2.45) is 0 Å². The number of benzene rings is 2. The summed E-state index contributed by atoms with van der Waals surface area (Å²) in [5.74, 6) is 0.868. The van der Waals surface area contributed by atoms with Crippen LogP contribution in [0.2, 0.25) is 0 Å². The summed E-state index contributed by atoms with van der Waals surface area (Å²) in [6, 6.07) is 8.18. The van der Waals surface area contributed by atoms with Crippen molar-refractivity contribution in [3.8, 4) is 0 Å². The second kappa shape index (κ2) is 7.24. The highest BCUT2D eigenvalue weighted by Gasteiger charge is 2.21. The molecule has 1 aliphatic rings. The van der Waals surface area contributed by atoms with E-state index >= 15 is 0 Å². The van der Waals surface area contributed by atoms with E-state index in [-0.39, 0.29) is 5.82 Å². The molecule has 2 heterocycles. The smallest absolute Gasteiger partial charge is 0.206 e. The molecule has 142 valence electrons. The van der Waals surface area contributed by atoms with E-state index in [1.807, 2.05) is 26.0 Å². The molecular weight excluding hydrogens is 407 g/mol. The molecule has 0 spiro atoms. The van der Waals surface area contributed by atoms with E-state index in [4.69, 9.17) is 4.98 Å². The Labute approximate surface area is 167 Å². The molecule has 6 heteroatoms. The SMILES string of the molecule is Cc1cc(Br)c2nc(N3CCNCC3)n(Cc3cc(C)c(F)c(C)c3)c2c1. The minimum atomic E-state index is -0.116. The number of nitrogens with zero attached hydrogens (tertiary/aromatic N) is 3. The lowest BCUT2D eigenvalue weighted by molar-refractivity contribution is 0.571. The van der Waals surface area contributed by atoms with Crippen molar-refractivity contribution in [1.29, 1.82) is 0 Å². The highest BCUT2D eigenvalue weighted by molar-refractivity contribution is 9.10. The van der Waals surface area contributed by atoms with E-state index in [1.54, 1.807) is 0 Å². The van der Waals surface area contributed by atoms with Gasteiger partial charge in [-0.25, -0.2) is 9.37 Å². The van der Waals surface area contributed by atoms with Gasteiger partial charge in [-0.1, -0.05) is 12.1 Å². The lowest BCUT2D eigenvalue weighted by Gasteiger charge is -2.29. The Balaban J connectivity index is 1.86. The lowest BCUT2D eigenvalue weighted by atomic mass is 10.1. The molecule has 1 fully saturated rings. The summed E-state index contributed by atoms with van der Waals surface area (Å²) < 4.78 is 17.4. The van der Waals surface area contributed by atoms with Gasteiger partial charge in [-0.2, -0.15) is 0 Å². The van der Waals surface area contributed by atoms with Crippen molar-refractivity contribution in [3.05, 3.63) is 56.8 Å². The zero-order valence-corrected chi connectivity index (χ0v) is 17.5. The number of fused-ring (bicyclic) bond motifs is 1. The summed E-state index contributed by atoms with van der Waals surface area (Å²) in [6.07, 6.45) is 0. The van der Waals surface area contributed by atoms with Gasteiger partial charge in [-0.3, -0.25) is 0 Å². The molecule has 2 aromatic carbocycles. The maximum absolute atomic E-state index is 14.1. The summed E-state index contributed by atoms with van der Waals surface area (Å²) >= 11 is 3.68. The topological polar surface area (TPSA) is 33.1 Å². The summed E-state index contributed by atoms with van der Waals surface area (Å²) in [6.45, 7) is 10.2. The Kier molecular flexibility index (Phi) is 4.95. The van der Waals surface area contributed by atoms with Crippen molar-refractivity contribution >= 4 is 32.9 Å². The molecule has 4 nitrogen and oxygen atoms in total. The fraction of sp³-hybridized carbons (Fsp3) is 0.381. The molecule has 1 saturated heterocycles. The number of aryl methyl sites for hydroxylation is 3. The second-order valence-corrected chi connectivity index (χ2v) is 8.25. The fourth-order valence-corrected chi connectivity index (χ4v) is 4.53. The van der Waals surface area contributed by atoms with Gasteiger partial charge in [0, 0.05) is 30.7 Å². The van der Waals surface area contributed by atoms with Crippen molar-refractivity contribution in [2.75, 3.05) is 31.1 Å². The molecule has 4 rings (SSSR count). The van der Waals surface area contributed by atoms with E-state index in [2.05, 4.69) is 49.8 Å². The van der Waals surface area contributed by atoms with Gasteiger partial charge in [0.25, 0.3) is 0 Å². The van der Waals surface area contributed by atoms with Gasteiger partial charge in [0.2, 0.25) is 5.95 Å². The molecule has 1 aromatic heterocycles. The first kappa shape index (κ1) is 18.4. The molecule has 0 amide bonds. The average molecular weight is 431 g/mol. The quantitative estimate of drug-likeness (QED) is 0.671. The van der Waals surface area contributed by atoms with Crippen LogP contribution in [0.15, 0.2) is 28.7 Å². The van der Waals surface area contributed by atoms with Crippen LogP contribution in [0.4, 0.5) is 10.3 Å². The van der Waals surface area contributed by atoms with Crippen LogP contribution in [0.3, 0.4) is 0 Å². The maximum atomic E-state index is 14.1. The van der Waals surface area contributed by atoms with E-state index in [1.165, 1.54) is 5.56 Å². The molecule has 0 atom stereocenters. The Morgan fingerprint density at radius 2 is 1.74 bits per heavy atom. The number of halogens is 2. The van der Waals surface area contributed by atoms with Gasteiger partial charge in [-0.15, -0.1) is 0 Å². The lowest BCUT2D eigenvalue weighted by Crippen LogP contribution is -2.44. The monoisotopic (exact) mass is 430 g/mol. The third-order valence-corrected chi connectivity index (χ3v) is 5.77. The van der Waals surface area contributed by atoms with Crippen molar-refractivity contribution in [2.45, 2.75) is 27.3 Å².